The molecule has 2 aliphatic rings. The maximum Gasteiger partial charge on any atom is 0.262 e. The SMILES string of the molecule is CC1CC(Nc2ccc3c(c2)NC(=O)CO3)CC(C)O1. The van der Waals surface area contributed by atoms with Crippen LogP contribution in [0.3, 0.4) is 0 Å². The number of amides is 1. The van der Waals surface area contributed by atoms with Gasteiger partial charge < -0.3 is 20.1 Å². The zero-order chi connectivity index (χ0) is 14.1. The van der Waals surface area contributed by atoms with Crippen LogP contribution in [0, 0.1) is 0 Å². The Morgan fingerprint density at radius 1 is 1.25 bits per heavy atom. The van der Waals surface area contributed by atoms with E-state index < -0.39 is 0 Å². The van der Waals surface area contributed by atoms with Gasteiger partial charge in [0, 0.05) is 11.7 Å². The van der Waals surface area contributed by atoms with Crippen molar-refractivity contribution in [2.24, 2.45) is 0 Å². The van der Waals surface area contributed by atoms with Gasteiger partial charge in [-0.25, -0.2) is 0 Å². The summed E-state index contributed by atoms with van der Waals surface area (Å²) in [5, 5.41) is 6.35. The molecule has 20 heavy (non-hydrogen) atoms. The van der Waals surface area contributed by atoms with Crippen LogP contribution >= 0.6 is 0 Å². The second-order valence-corrected chi connectivity index (χ2v) is 5.62. The number of rotatable bonds is 2. The summed E-state index contributed by atoms with van der Waals surface area (Å²) < 4.78 is 11.1. The Kier molecular flexibility index (Phi) is 3.53. The third-order valence-electron chi connectivity index (χ3n) is 3.68. The molecule has 0 spiro atoms. The van der Waals surface area contributed by atoms with Crippen molar-refractivity contribution < 1.29 is 14.3 Å². The molecule has 0 aromatic heterocycles. The number of carbonyl (C=O) groups excluding carboxylic acids is 1. The average molecular weight is 276 g/mol. The molecule has 0 aliphatic carbocycles. The van der Waals surface area contributed by atoms with E-state index in [-0.39, 0.29) is 24.7 Å². The van der Waals surface area contributed by atoms with Crippen molar-refractivity contribution in [2.75, 3.05) is 17.2 Å². The summed E-state index contributed by atoms with van der Waals surface area (Å²) in [6.45, 7) is 4.30. The molecule has 2 unspecified atom stereocenters. The molecule has 2 heterocycles. The standard InChI is InChI=1S/C15H20N2O3/c1-9-5-12(6-10(2)20-9)16-11-3-4-14-13(7-11)17-15(18)8-19-14/h3-4,7,9-10,12,16H,5-6,8H2,1-2H3,(H,17,18). The number of carbonyl (C=O) groups is 1. The molecule has 2 aliphatic heterocycles. The zero-order valence-electron chi connectivity index (χ0n) is 11.8. The highest BCUT2D eigenvalue weighted by atomic mass is 16.5. The lowest BCUT2D eigenvalue weighted by atomic mass is 9.99. The highest BCUT2D eigenvalue weighted by Gasteiger charge is 2.24. The Morgan fingerprint density at radius 2 is 2.00 bits per heavy atom. The van der Waals surface area contributed by atoms with Crippen LogP contribution in [0.15, 0.2) is 18.2 Å². The molecule has 5 nitrogen and oxygen atoms in total. The first-order chi connectivity index (χ1) is 9.60. The molecule has 5 heteroatoms. The summed E-state index contributed by atoms with van der Waals surface area (Å²) in [7, 11) is 0. The molecule has 1 saturated heterocycles. The molecule has 1 fully saturated rings. The van der Waals surface area contributed by atoms with Gasteiger partial charge in [0.2, 0.25) is 0 Å². The van der Waals surface area contributed by atoms with Crippen molar-refractivity contribution in [1.29, 1.82) is 0 Å². The zero-order valence-corrected chi connectivity index (χ0v) is 11.8. The molecule has 0 radical (unpaired) electrons. The molecule has 108 valence electrons. The molecular weight excluding hydrogens is 256 g/mol. The molecule has 2 N–H and O–H groups in total. The second-order valence-electron chi connectivity index (χ2n) is 5.62. The van der Waals surface area contributed by atoms with Crippen LogP contribution in [0.1, 0.15) is 26.7 Å². The van der Waals surface area contributed by atoms with Gasteiger partial charge in [-0.05, 0) is 44.9 Å². The van der Waals surface area contributed by atoms with Crippen molar-refractivity contribution in [3.8, 4) is 5.75 Å². The van der Waals surface area contributed by atoms with Gasteiger partial charge in [0.15, 0.2) is 6.61 Å². The van der Waals surface area contributed by atoms with Crippen molar-refractivity contribution >= 4 is 17.3 Å². The van der Waals surface area contributed by atoms with Crippen LogP contribution in [-0.4, -0.2) is 30.8 Å². The fourth-order valence-corrected chi connectivity index (χ4v) is 2.93. The number of nitrogens with one attached hydrogen (secondary N) is 2. The predicted molar refractivity (Wildman–Crippen MR) is 77.2 cm³/mol. The Balaban J connectivity index is 1.71. The van der Waals surface area contributed by atoms with Gasteiger partial charge in [0.25, 0.3) is 5.91 Å². The number of hydrogen-bond donors (Lipinski definition) is 2. The number of anilines is 2. The second kappa shape index (κ2) is 5.32. The Bertz CT molecular complexity index is 508. The van der Waals surface area contributed by atoms with E-state index >= 15 is 0 Å². The molecule has 1 aromatic rings. The lowest BCUT2D eigenvalue weighted by Crippen LogP contribution is -2.36. The van der Waals surface area contributed by atoms with E-state index in [9.17, 15) is 4.79 Å². The third-order valence-corrected chi connectivity index (χ3v) is 3.68. The fourth-order valence-electron chi connectivity index (χ4n) is 2.93. The molecule has 0 saturated carbocycles. The summed E-state index contributed by atoms with van der Waals surface area (Å²) in [6.07, 6.45) is 2.53. The van der Waals surface area contributed by atoms with Crippen LogP contribution in [0.5, 0.6) is 5.75 Å². The Hall–Kier alpha value is -1.75. The summed E-state index contributed by atoms with van der Waals surface area (Å²) in [5.41, 5.74) is 1.74. The molecule has 3 rings (SSSR count). The van der Waals surface area contributed by atoms with E-state index in [4.69, 9.17) is 9.47 Å². The van der Waals surface area contributed by atoms with E-state index in [0.717, 1.165) is 30.0 Å². The summed E-state index contributed by atoms with van der Waals surface area (Å²) in [6, 6.07) is 6.20. The molecule has 2 atom stereocenters. The average Bonchev–Trinajstić information content (AvgIpc) is 2.37. The Morgan fingerprint density at radius 3 is 2.75 bits per heavy atom. The monoisotopic (exact) mass is 276 g/mol. The maximum absolute atomic E-state index is 11.3. The van der Waals surface area contributed by atoms with Crippen molar-refractivity contribution in [2.45, 2.75) is 44.9 Å². The highest BCUT2D eigenvalue weighted by Crippen LogP contribution is 2.31. The van der Waals surface area contributed by atoms with Gasteiger partial charge in [-0.3, -0.25) is 4.79 Å². The molecule has 1 aromatic carbocycles. The summed E-state index contributed by atoms with van der Waals surface area (Å²) >= 11 is 0. The molecule has 1 amide bonds. The predicted octanol–water partition coefficient (Wildman–Crippen LogP) is 2.39. The largest absolute Gasteiger partial charge is 0.482 e. The van der Waals surface area contributed by atoms with Gasteiger partial charge in [-0.15, -0.1) is 0 Å². The van der Waals surface area contributed by atoms with Crippen LogP contribution in [0.25, 0.3) is 0 Å². The van der Waals surface area contributed by atoms with E-state index in [1.54, 1.807) is 0 Å². The lowest BCUT2D eigenvalue weighted by molar-refractivity contribution is -0.118. The fraction of sp³-hybridized carbons (Fsp3) is 0.533. The first kappa shape index (κ1) is 13.2. The third kappa shape index (κ3) is 2.88. The van der Waals surface area contributed by atoms with Gasteiger partial charge in [-0.2, -0.15) is 0 Å². The first-order valence-electron chi connectivity index (χ1n) is 7.09. The minimum absolute atomic E-state index is 0.0920. The van der Waals surface area contributed by atoms with Crippen LogP contribution in [0.4, 0.5) is 11.4 Å². The minimum atomic E-state index is -0.108. The van der Waals surface area contributed by atoms with Crippen LogP contribution in [0.2, 0.25) is 0 Å². The normalized spacial score (nSPS) is 29.1. The maximum atomic E-state index is 11.3. The quantitative estimate of drug-likeness (QED) is 0.870. The lowest BCUT2D eigenvalue weighted by Gasteiger charge is -2.33. The summed E-state index contributed by atoms with van der Waals surface area (Å²) in [4.78, 5) is 11.3. The first-order valence-corrected chi connectivity index (χ1v) is 7.09. The van der Waals surface area contributed by atoms with E-state index in [0.29, 0.717) is 6.04 Å². The van der Waals surface area contributed by atoms with Gasteiger partial charge >= 0.3 is 0 Å². The van der Waals surface area contributed by atoms with Crippen molar-refractivity contribution in [3.05, 3.63) is 18.2 Å². The van der Waals surface area contributed by atoms with Crippen LogP contribution in [-0.2, 0) is 9.53 Å². The van der Waals surface area contributed by atoms with Gasteiger partial charge in [0.05, 0.1) is 17.9 Å². The highest BCUT2D eigenvalue weighted by molar-refractivity contribution is 5.96. The van der Waals surface area contributed by atoms with E-state index in [1.165, 1.54) is 0 Å². The number of hydrogen-bond acceptors (Lipinski definition) is 4. The Labute approximate surface area is 118 Å². The molecule has 0 bridgehead atoms. The summed E-state index contributed by atoms with van der Waals surface area (Å²) in [5.74, 6) is 0.617. The number of benzene rings is 1. The van der Waals surface area contributed by atoms with Gasteiger partial charge in [-0.1, -0.05) is 0 Å². The van der Waals surface area contributed by atoms with E-state index in [2.05, 4.69) is 24.5 Å². The minimum Gasteiger partial charge on any atom is -0.482 e. The smallest absolute Gasteiger partial charge is 0.262 e. The van der Waals surface area contributed by atoms with Crippen LogP contribution < -0.4 is 15.4 Å². The number of fused-ring (bicyclic) bond motifs is 1. The molecular formula is C15H20N2O3. The van der Waals surface area contributed by atoms with Crippen molar-refractivity contribution in [1.82, 2.24) is 0 Å². The number of ether oxygens (including phenoxy) is 2. The van der Waals surface area contributed by atoms with Crippen molar-refractivity contribution in [3.63, 3.8) is 0 Å². The topological polar surface area (TPSA) is 59.6 Å². The van der Waals surface area contributed by atoms with E-state index in [1.807, 2.05) is 18.2 Å². The van der Waals surface area contributed by atoms with Gasteiger partial charge in [0.1, 0.15) is 5.75 Å².